The summed E-state index contributed by atoms with van der Waals surface area (Å²) in [5.74, 6) is 0.133. The van der Waals surface area contributed by atoms with Crippen LogP contribution in [0, 0.1) is 0 Å². The molecule has 2 aliphatic rings. The minimum Gasteiger partial charge on any atom is -0.384 e. The second-order valence-electron chi connectivity index (χ2n) is 2.96. The highest BCUT2D eigenvalue weighted by Gasteiger charge is 2.24. The first kappa shape index (κ1) is 7.35. The maximum Gasteiger partial charge on any atom is 0.188 e. The molecule has 0 aromatic carbocycles. The van der Waals surface area contributed by atoms with E-state index in [0.29, 0.717) is 0 Å². The summed E-state index contributed by atoms with van der Waals surface area (Å²) in [5.41, 5.74) is 2.94. The molecule has 1 aliphatic heterocycles. The molecule has 2 heteroatoms. The zero-order valence-corrected chi connectivity index (χ0v) is 7.05. The third kappa shape index (κ3) is 0.916. The summed E-state index contributed by atoms with van der Waals surface area (Å²) in [6.07, 6.45) is 6.70. The Morgan fingerprint density at radius 3 is 3.17 bits per heavy atom. The van der Waals surface area contributed by atoms with Crippen molar-refractivity contribution < 1.29 is 4.79 Å². The lowest BCUT2D eigenvalue weighted by atomic mass is 10.0. The Hall–Kier alpha value is -1.31. The molecule has 0 fully saturated rings. The van der Waals surface area contributed by atoms with E-state index in [2.05, 4.69) is 11.4 Å². The molecule has 0 aromatic heterocycles. The van der Waals surface area contributed by atoms with Gasteiger partial charge in [-0.15, -0.1) is 0 Å². The Kier molecular flexibility index (Phi) is 1.61. The van der Waals surface area contributed by atoms with Crippen LogP contribution in [0.2, 0.25) is 0 Å². The topological polar surface area (TPSA) is 29.1 Å². The van der Waals surface area contributed by atoms with E-state index in [1.165, 1.54) is 0 Å². The lowest BCUT2D eigenvalue weighted by Gasteiger charge is -2.14. The van der Waals surface area contributed by atoms with Crippen LogP contribution in [0.5, 0.6) is 0 Å². The Morgan fingerprint density at radius 1 is 1.58 bits per heavy atom. The van der Waals surface area contributed by atoms with Gasteiger partial charge in [-0.25, -0.2) is 0 Å². The summed E-state index contributed by atoms with van der Waals surface area (Å²) >= 11 is 0. The summed E-state index contributed by atoms with van der Waals surface area (Å²) in [5, 5.41) is 3.21. The first-order valence-electron chi connectivity index (χ1n) is 4.20. The van der Waals surface area contributed by atoms with E-state index in [0.717, 1.165) is 29.8 Å². The van der Waals surface area contributed by atoms with Crippen LogP contribution in [0.3, 0.4) is 0 Å². The number of nitrogens with one attached hydrogen (secondary N) is 1. The number of hydrogen-bond acceptors (Lipinski definition) is 2. The van der Waals surface area contributed by atoms with Gasteiger partial charge in [-0.3, -0.25) is 4.79 Å². The second-order valence-corrected chi connectivity index (χ2v) is 2.96. The van der Waals surface area contributed by atoms with Crippen molar-refractivity contribution in [3.8, 4) is 0 Å². The van der Waals surface area contributed by atoms with E-state index in [1.807, 2.05) is 13.0 Å². The molecule has 0 bridgehead atoms. The molecule has 0 aromatic rings. The van der Waals surface area contributed by atoms with Gasteiger partial charge in [-0.2, -0.15) is 0 Å². The zero-order valence-electron chi connectivity index (χ0n) is 7.05. The van der Waals surface area contributed by atoms with E-state index in [4.69, 9.17) is 0 Å². The van der Waals surface area contributed by atoms with E-state index < -0.39 is 0 Å². The molecule has 12 heavy (non-hydrogen) atoms. The van der Waals surface area contributed by atoms with Gasteiger partial charge in [0.15, 0.2) is 5.78 Å². The maximum atomic E-state index is 11.3. The van der Waals surface area contributed by atoms with Crippen molar-refractivity contribution in [1.29, 1.82) is 0 Å². The Labute approximate surface area is 71.7 Å². The molecule has 0 spiro atoms. The van der Waals surface area contributed by atoms with Crippen molar-refractivity contribution in [2.45, 2.75) is 13.3 Å². The molecule has 2 nitrogen and oxygen atoms in total. The quantitative estimate of drug-likeness (QED) is 0.543. The molecule has 2 rings (SSSR count). The minimum absolute atomic E-state index is 0.133. The Morgan fingerprint density at radius 2 is 2.42 bits per heavy atom. The van der Waals surface area contributed by atoms with E-state index in [9.17, 15) is 4.79 Å². The van der Waals surface area contributed by atoms with Crippen LogP contribution in [0.25, 0.3) is 0 Å². The number of ketones is 1. The number of fused-ring (bicyclic) bond motifs is 1. The average molecular weight is 161 g/mol. The van der Waals surface area contributed by atoms with Crippen LogP contribution in [0.1, 0.15) is 13.3 Å². The monoisotopic (exact) mass is 161 g/mol. The predicted octanol–water partition coefficient (Wildman–Crippen LogP) is 1.32. The summed E-state index contributed by atoms with van der Waals surface area (Å²) in [6, 6.07) is 0. The zero-order chi connectivity index (χ0) is 8.55. The number of rotatable bonds is 0. The van der Waals surface area contributed by atoms with Gasteiger partial charge >= 0.3 is 0 Å². The minimum atomic E-state index is 0.133. The van der Waals surface area contributed by atoms with Crippen molar-refractivity contribution in [2.24, 2.45) is 0 Å². The molecule has 1 heterocycles. The molecule has 0 unspecified atom stereocenters. The predicted molar refractivity (Wildman–Crippen MR) is 47.5 cm³/mol. The highest BCUT2D eigenvalue weighted by atomic mass is 16.1. The smallest absolute Gasteiger partial charge is 0.188 e. The normalized spacial score (nSPS) is 24.8. The molecule has 0 saturated heterocycles. The van der Waals surface area contributed by atoms with E-state index in [-0.39, 0.29) is 5.78 Å². The average Bonchev–Trinajstić information content (AvgIpc) is 2.40. The lowest BCUT2D eigenvalue weighted by molar-refractivity contribution is -0.110. The Balaban J connectivity index is 2.47. The standard InChI is InChI=1S/C10H11NO/c1-2-7-8-4-3-5-11-9(8)6-10(7)12/h2,4,6,11H,3,5H2,1H3/b7-2+. The largest absolute Gasteiger partial charge is 0.384 e. The molecule has 0 amide bonds. The van der Waals surface area contributed by atoms with Crippen molar-refractivity contribution in [2.75, 3.05) is 6.54 Å². The van der Waals surface area contributed by atoms with Crippen LogP contribution in [-0.2, 0) is 4.79 Å². The molecule has 0 saturated carbocycles. The fraction of sp³-hybridized carbons (Fsp3) is 0.300. The van der Waals surface area contributed by atoms with Crippen LogP contribution < -0.4 is 5.32 Å². The molecule has 1 aliphatic carbocycles. The van der Waals surface area contributed by atoms with Gasteiger partial charge < -0.3 is 5.32 Å². The third-order valence-electron chi connectivity index (χ3n) is 2.22. The third-order valence-corrected chi connectivity index (χ3v) is 2.22. The number of carbonyl (C=O) groups excluding carboxylic acids is 1. The number of carbonyl (C=O) groups is 1. The number of allylic oxidation sites excluding steroid dienone is 3. The van der Waals surface area contributed by atoms with Crippen molar-refractivity contribution >= 4 is 5.78 Å². The lowest BCUT2D eigenvalue weighted by Crippen LogP contribution is -2.18. The van der Waals surface area contributed by atoms with Gasteiger partial charge in [0.25, 0.3) is 0 Å². The van der Waals surface area contributed by atoms with Crippen LogP contribution >= 0.6 is 0 Å². The van der Waals surface area contributed by atoms with Crippen molar-refractivity contribution in [3.63, 3.8) is 0 Å². The van der Waals surface area contributed by atoms with Gasteiger partial charge in [0.2, 0.25) is 0 Å². The highest BCUT2D eigenvalue weighted by Crippen LogP contribution is 2.28. The van der Waals surface area contributed by atoms with Crippen LogP contribution in [0.4, 0.5) is 0 Å². The SMILES string of the molecule is C/C=C1/C(=O)C=C2NCCC=C21. The number of hydrogen-bond donors (Lipinski definition) is 1. The highest BCUT2D eigenvalue weighted by molar-refractivity contribution is 6.13. The summed E-state index contributed by atoms with van der Waals surface area (Å²) in [7, 11) is 0. The van der Waals surface area contributed by atoms with Crippen molar-refractivity contribution in [3.05, 3.63) is 35.1 Å². The first-order chi connectivity index (χ1) is 5.83. The summed E-state index contributed by atoms with van der Waals surface area (Å²) < 4.78 is 0. The van der Waals surface area contributed by atoms with Gasteiger partial charge in [-0.05, 0) is 13.3 Å². The van der Waals surface area contributed by atoms with E-state index in [1.54, 1.807) is 6.08 Å². The second kappa shape index (κ2) is 2.63. The van der Waals surface area contributed by atoms with Gasteiger partial charge in [0.05, 0.1) is 0 Å². The molecule has 0 radical (unpaired) electrons. The fourth-order valence-corrected chi connectivity index (χ4v) is 1.65. The molecule has 1 N–H and O–H groups in total. The van der Waals surface area contributed by atoms with Gasteiger partial charge in [-0.1, -0.05) is 12.2 Å². The first-order valence-corrected chi connectivity index (χ1v) is 4.20. The van der Waals surface area contributed by atoms with E-state index >= 15 is 0 Å². The molecule has 0 atom stereocenters. The Bertz CT molecular complexity index is 321. The fourth-order valence-electron chi connectivity index (χ4n) is 1.65. The maximum absolute atomic E-state index is 11.3. The molecule has 62 valence electrons. The summed E-state index contributed by atoms with van der Waals surface area (Å²) in [4.78, 5) is 11.3. The molecular weight excluding hydrogens is 150 g/mol. The van der Waals surface area contributed by atoms with Crippen LogP contribution in [-0.4, -0.2) is 12.3 Å². The van der Waals surface area contributed by atoms with Crippen LogP contribution in [0.15, 0.2) is 35.1 Å². The van der Waals surface area contributed by atoms with Gasteiger partial charge in [0, 0.05) is 29.5 Å². The van der Waals surface area contributed by atoms with Gasteiger partial charge in [0.1, 0.15) is 0 Å². The van der Waals surface area contributed by atoms with Crippen molar-refractivity contribution in [1.82, 2.24) is 5.32 Å². The summed E-state index contributed by atoms with van der Waals surface area (Å²) in [6.45, 7) is 2.85. The molecular formula is C10H11NO.